The van der Waals surface area contributed by atoms with Crippen LogP contribution in [0, 0.1) is 6.92 Å². The first-order valence-corrected chi connectivity index (χ1v) is 10.3. The second-order valence-electron chi connectivity index (χ2n) is 9.17. The second kappa shape index (κ2) is 8.21. The van der Waals surface area contributed by atoms with Crippen molar-refractivity contribution in [3.05, 3.63) is 39.3 Å². The Kier molecular flexibility index (Phi) is 6.74. The first-order valence-electron chi connectivity index (χ1n) is 9.49. The summed E-state index contributed by atoms with van der Waals surface area (Å²) < 4.78 is 18.8. The Morgan fingerprint density at radius 2 is 1.79 bits per heavy atom. The van der Waals surface area contributed by atoms with Crippen LogP contribution < -0.4 is 5.32 Å². The molecule has 1 N–H and O–H groups in total. The monoisotopic (exact) mass is 451 g/mol. The molecule has 1 fully saturated rings. The summed E-state index contributed by atoms with van der Waals surface area (Å²) in [5.74, 6) is 0. The predicted molar refractivity (Wildman–Crippen MR) is 117 cm³/mol. The van der Waals surface area contributed by atoms with Crippen molar-refractivity contribution in [3.8, 4) is 0 Å². The van der Waals surface area contributed by atoms with Crippen LogP contribution in [0.25, 0.3) is 6.08 Å². The van der Waals surface area contributed by atoms with Gasteiger partial charge in [-0.2, -0.15) is 0 Å². The van der Waals surface area contributed by atoms with Gasteiger partial charge >= 0.3 is 13.2 Å². The van der Waals surface area contributed by atoms with Crippen LogP contribution in [-0.2, 0) is 14.0 Å². The number of halogens is 1. The Bertz CT molecular complexity index is 752. The van der Waals surface area contributed by atoms with Crippen LogP contribution in [0.2, 0.25) is 0 Å². The number of aryl methyl sites for hydroxylation is 1. The average Bonchev–Trinajstić information content (AvgIpc) is 2.73. The topological polar surface area (TPSA) is 56.8 Å². The first-order chi connectivity index (χ1) is 12.7. The van der Waals surface area contributed by atoms with Gasteiger partial charge in [0, 0.05) is 11.0 Å². The Morgan fingerprint density at radius 3 is 2.29 bits per heavy atom. The number of alkyl carbamates (subject to hydrolysis) is 1. The van der Waals surface area contributed by atoms with Crippen molar-refractivity contribution in [2.45, 2.75) is 72.2 Å². The zero-order chi connectivity index (χ0) is 21.3. The fourth-order valence-corrected chi connectivity index (χ4v) is 2.99. The van der Waals surface area contributed by atoms with E-state index < -0.39 is 30.0 Å². The minimum absolute atomic E-state index is 0.261. The molecule has 1 aromatic carbocycles. The molecule has 1 amide bonds. The van der Waals surface area contributed by atoms with E-state index in [1.165, 1.54) is 0 Å². The van der Waals surface area contributed by atoms with Gasteiger partial charge in [-0.15, -0.1) is 0 Å². The smallest absolute Gasteiger partial charge is 0.444 e. The number of amides is 1. The van der Waals surface area contributed by atoms with Crippen LogP contribution in [0.4, 0.5) is 4.79 Å². The molecule has 28 heavy (non-hydrogen) atoms. The number of carbonyl (C=O) groups is 1. The van der Waals surface area contributed by atoms with E-state index in [-0.39, 0.29) is 6.54 Å². The summed E-state index contributed by atoms with van der Waals surface area (Å²) in [4.78, 5) is 12.1. The van der Waals surface area contributed by atoms with Crippen molar-refractivity contribution in [1.29, 1.82) is 0 Å². The quantitative estimate of drug-likeness (QED) is 0.631. The lowest BCUT2D eigenvalue weighted by molar-refractivity contribution is 0.00578. The van der Waals surface area contributed by atoms with E-state index in [9.17, 15) is 4.79 Å². The highest BCUT2D eigenvalue weighted by molar-refractivity contribution is 9.10. The molecule has 154 valence electrons. The van der Waals surface area contributed by atoms with Crippen LogP contribution in [0.15, 0.2) is 28.1 Å². The molecule has 1 aromatic rings. The SMILES string of the molecule is Cc1ccc(C=C(CNC(=O)OC(C)(C)C)B2OC(C)(C)C(C)(C)O2)cc1Br. The standard InChI is InChI=1S/C21H31BBrNO4/c1-14-9-10-15(12-17(14)23)11-16(13-24-18(25)26-19(2,3)4)22-27-20(5,6)21(7,8)28-22/h9-12H,13H2,1-8H3,(H,24,25). The van der Waals surface area contributed by atoms with Crippen LogP contribution in [0.3, 0.4) is 0 Å². The number of hydrogen-bond donors (Lipinski definition) is 1. The Balaban J connectivity index is 2.27. The molecule has 1 heterocycles. The molecule has 0 radical (unpaired) electrons. The van der Waals surface area contributed by atoms with Gasteiger partial charge in [-0.25, -0.2) is 4.79 Å². The highest BCUT2D eigenvalue weighted by Gasteiger charge is 2.52. The van der Waals surface area contributed by atoms with E-state index in [0.29, 0.717) is 0 Å². The second-order valence-corrected chi connectivity index (χ2v) is 10.0. The Morgan fingerprint density at radius 1 is 1.21 bits per heavy atom. The lowest BCUT2D eigenvalue weighted by Gasteiger charge is -2.32. The minimum atomic E-state index is -0.556. The highest BCUT2D eigenvalue weighted by atomic mass is 79.9. The van der Waals surface area contributed by atoms with Gasteiger partial charge in [0.05, 0.1) is 11.2 Å². The number of ether oxygens (including phenoxy) is 1. The van der Waals surface area contributed by atoms with E-state index in [4.69, 9.17) is 14.0 Å². The lowest BCUT2D eigenvalue weighted by Crippen LogP contribution is -2.41. The lowest BCUT2D eigenvalue weighted by atomic mass is 9.77. The average molecular weight is 452 g/mol. The van der Waals surface area contributed by atoms with Crippen LogP contribution >= 0.6 is 15.9 Å². The molecule has 0 spiro atoms. The number of nitrogens with one attached hydrogen (secondary N) is 1. The van der Waals surface area contributed by atoms with Gasteiger partial charge in [0.25, 0.3) is 0 Å². The van der Waals surface area contributed by atoms with Crippen molar-refractivity contribution in [2.75, 3.05) is 6.54 Å². The van der Waals surface area contributed by atoms with Crippen molar-refractivity contribution in [1.82, 2.24) is 5.32 Å². The summed E-state index contributed by atoms with van der Waals surface area (Å²) in [6, 6.07) is 6.10. The zero-order valence-corrected chi connectivity index (χ0v) is 19.7. The molecule has 0 saturated carbocycles. The highest BCUT2D eigenvalue weighted by Crippen LogP contribution is 2.38. The van der Waals surface area contributed by atoms with Gasteiger partial charge in [0.2, 0.25) is 0 Å². The largest absolute Gasteiger partial charge is 0.492 e. The van der Waals surface area contributed by atoms with Gasteiger partial charge in [-0.05, 0) is 78.1 Å². The van der Waals surface area contributed by atoms with E-state index in [1.807, 2.05) is 79.7 Å². The molecular formula is C21H31BBrNO4. The maximum absolute atomic E-state index is 12.1. The van der Waals surface area contributed by atoms with E-state index >= 15 is 0 Å². The summed E-state index contributed by atoms with van der Waals surface area (Å²) in [6.07, 6.45) is 1.52. The number of benzene rings is 1. The fraction of sp³-hybridized carbons (Fsp3) is 0.571. The third-order valence-electron chi connectivity index (χ3n) is 4.94. The van der Waals surface area contributed by atoms with E-state index in [0.717, 1.165) is 21.1 Å². The summed E-state index contributed by atoms with van der Waals surface area (Å²) in [5, 5.41) is 2.82. The van der Waals surface area contributed by atoms with Gasteiger partial charge < -0.3 is 19.4 Å². The maximum atomic E-state index is 12.1. The minimum Gasteiger partial charge on any atom is -0.444 e. The molecule has 1 saturated heterocycles. The number of carbonyl (C=O) groups excluding carboxylic acids is 1. The van der Waals surface area contributed by atoms with Crippen molar-refractivity contribution >= 4 is 35.2 Å². The maximum Gasteiger partial charge on any atom is 0.492 e. The number of rotatable bonds is 4. The van der Waals surface area contributed by atoms with E-state index in [1.54, 1.807) is 0 Å². The molecule has 2 rings (SSSR count). The van der Waals surface area contributed by atoms with Crippen molar-refractivity contribution < 1.29 is 18.8 Å². The Labute approximate surface area is 177 Å². The van der Waals surface area contributed by atoms with Crippen molar-refractivity contribution in [3.63, 3.8) is 0 Å². The van der Waals surface area contributed by atoms with Crippen molar-refractivity contribution in [2.24, 2.45) is 0 Å². The van der Waals surface area contributed by atoms with Gasteiger partial charge in [0.1, 0.15) is 5.60 Å². The fourth-order valence-electron chi connectivity index (χ4n) is 2.60. The summed E-state index contributed by atoms with van der Waals surface area (Å²) in [6.45, 7) is 15.8. The summed E-state index contributed by atoms with van der Waals surface area (Å²) in [5.41, 5.74) is 1.49. The molecule has 0 aromatic heterocycles. The predicted octanol–water partition coefficient (Wildman–Crippen LogP) is 5.30. The van der Waals surface area contributed by atoms with Gasteiger partial charge in [0.15, 0.2) is 0 Å². The normalized spacial score (nSPS) is 18.9. The zero-order valence-electron chi connectivity index (χ0n) is 18.1. The molecular weight excluding hydrogens is 421 g/mol. The third kappa shape index (κ3) is 5.85. The molecule has 7 heteroatoms. The summed E-state index contributed by atoms with van der Waals surface area (Å²) in [7, 11) is -0.556. The molecule has 0 atom stereocenters. The molecule has 0 aliphatic carbocycles. The Hall–Kier alpha value is -1.31. The van der Waals surface area contributed by atoms with Gasteiger partial charge in [-0.3, -0.25) is 0 Å². The summed E-state index contributed by atoms with van der Waals surface area (Å²) >= 11 is 3.57. The van der Waals surface area contributed by atoms with Crippen LogP contribution in [0.5, 0.6) is 0 Å². The van der Waals surface area contributed by atoms with Gasteiger partial charge in [-0.1, -0.05) is 34.1 Å². The molecule has 0 bridgehead atoms. The van der Waals surface area contributed by atoms with E-state index in [2.05, 4.69) is 21.2 Å². The first kappa shape index (κ1) is 23.0. The van der Waals surface area contributed by atoms with Crippen LogP contribution in [-0.4, -0.2) is 36.6 Å². The molecule has 0 unspecified atom stereocenters. The molecule has 1 aliphatic rings. The van der Waals surface area contributed by atoms with Crippen LogP contribution in [0.1, 0.15) is 59.6 Å². The molecule has 5 nitrogen and oxygen atoms in total. The molecule has 1 aliphatic heterocycles. The third-order valence-corrected chi connectivity index (χ3v) is 5.79. The number of hydrogen-bond acceptors (Lipinski definition) is 4.